The number of nitrogens with zero attached hydrogens (tertiary/aromatic N) is 1. The highest BCUT2D eigenvalue weighted by atomic mass is 32.2. The summed E-state index contributed by atoms with van der Waals surface area (Å²) >= 11 is 0. The Balaban J connectivity index is 2.34. The number of hydrogen-bond donors (Lipinski definition) is 0. The zero-order chi connectivity index (χ0) is 14.9. The number of alkyl halides is 1. The number of aryl methyl sites for hydroxylation is 1. The summed E-state index contributed by atoms with van der Waals surface area (Å²) in [7, 11) is -3.53. The molecule has 1 aliphatic heterocycles. The van der Waals surface area contributed by atoms with Crippen LogP contribution in [0.2, 0.25) is 0 Å². The van der Waals surface area contributed by atoms with Crippen molar-refractivity contribution in [3.05, 3.63) is 29.8 Å². The summed E-state index contributed by atoms with van der Waals surface area (Å²) in [5.74, 6) is 0.105. The maximum absolute atomic E-state index is 13.6. The predicted molar refractivity (Wildman–Crippen MR) is 77.8 cm³/mol. The van der Waals surface area contributed by atoms with Crippen LogP contribution in [-0.4, -0.2) is 31.5 Å². The van der Waals surface area contributed by atoms with E-state index in [4.69, 9.17) is 0 Å². The Labute approximate surface area is 120 Å². The molecule has 1 fully saturated rings. The van der Waals surface area contributed by atoms with E-state index in [1.54, 1.807) is 24.3 Å². The first-order valence-corrected chi connectivity index (χ1v) is 8.49. The van der Waals surface area contributed by atoms with Gasteiger partial charge in [-0.1, -0.05) is 31.5 Å². The highest BCUT2D eigenvalue weighted by Crippen LogP contribution is 2.30. The lowest BCUT2D eigenvalue weighted by Crippen LogP contribution is -2.49. The average molecular weight is 299 g/mol. The fraction of sp³-hybridized carbons (Fsp3) is 0.600. The van der Waals surface area contributed by atoms with E-state index in [-0.39, 0.29) is 24.9 Å². The van der Waals surface area contributed by atoms with Crippen LogP contribution >= 0.6 is 0 Å². The predicted octanol–water partition coefficient (Wildman–Crippen LogP) is 3.14. The Kier molecular flexibility index (Phi) is 4.49. The molecular formula is C15H22FNO2S. The van der Waals surface area contributed by atoms with E-state index in [9.17, 15) is 12.8 Å². The van der Waals surface area contributed by atoms with Gasteiger partial charge in [-0.25, -0.2) is 12.8 Å². The summed E-state index contributed by atoms with van der Waals surface area (Å²) in [6.45, 7) is 6.07. The summed E-state index contributed by atoms with van der Waals surface area (Å²) in [4.78, 5) is 0.297. The van der Waals surface area contributed by atoms with Crippen molar-refractivity contribution in [1.29, 1.82) is 0 Å². The van der Waals surface area contributed by atoms with Crippen LogP contribution in [0.25, 0.3) is 0 Å². The number of sulfonamides is 1. The van der Waals surface area contributed by atoms with Gasteiger partial charge in [0.25, 0.3) is 0 Å². The molecule has 2 atom stereocenters. The molecule has 0 unspecified atom stereocenters. The summed E-state index contributed by atoms with van der Waals surface area (Å²) < 4.78 is 40.5. The van der Waals surface area contributed by atoms with Gasteiger partial charge in [0.2, 0.25) is 10.0 Å². The summed E-state index contributed by atoms with van der Waals surface area (Å²) in [5, 5.41) is 0. The first kappa shape index (κ1) is 15.4. The van der Waals surface area contributed by atoms with Gasteiger partial charge in [-0.2, -0.15) is 4.31 Å². The minimum absolute atomic E-state index is 0.105. The van der Waals surface area contributed by atoms with Crippen LogP contribution in [0.5, 0.6) is 0 Å². The molecule has 0 radical (unpaired) electrons. The molecule has 0 spiro atoms. The third-order valence-corrected chi connectivity index (χ3v) is 5.87. The summed E-state index contributed by atoms with van der Waals surface area (Å²) in [6.07, 6.45) is -0.316. The SMILES string of the molecule is Cc1ccc(S(=O)(=O)N2CC[C@H](F)C[C@@H]2C(C)C)cc1. The topological polar surface area (TPSA) is 37.4 Å². The van der Waals surface area contributed by atoms with E-state index in [1.165, 1.54) is 4.31 Å². The molecule has 1 aromatic rings. The Hall–Kier alpha value is -0.940. The maximum atomic E-state index is 13.6. The number of piperidine rings is 1. The normalized spacial score (nSPS) is 25.1. The number of benzene rings is 1. The lowest BCUT2D eigenvalue weighted by Gasteiger charge is -2.38. The first-order chi connectivity index (χ1) is 9.32. The van der Waals surface area contributed by atoms with E-state index in [1.807, 2.05) is 20.8 Å². The van der Waals surface area contributed by atoms with E-state index >= 15 is 0 Å². The molecule has 1 aliphatic rings. The smallest absolute Gasteiger partial charge is 0.243 e. The molecule has 5 heteroatoms. The monoisotopic (exact) mass is 299 g/mol. The Morgan fingerprint density at radius 2 is 1.85 bits per heavy atom. The molecule has 3 nitrogen and oxygen atoms in total. The van der Waals surface area contributed by atoms with Crippen LogP contribution in [0.3, 0.4) is 0 Å². The van der Waals surface area contributed by atoms with Gasteiger partial charge in [0.05, 0.1) is 4.90 Å². The first-order valence-electron chi connectivity index (χ1n) is 7.05. The highest BCUT2D eigenvalue weighted by Gasteiger charge is 2.38. The zero-order valence-electron chi connectivity index (χ0n) is 12.2. The molecule has 1 aromatic carbocycles. The van der Waals surface area contributed by atoms with Crippen molar-refractivity contribution in [2.45, 2.75) is 50.7 Å². The van der Waals surface area contributed by atoms with Crippen LogP contribution in [-0.2, 0) is 10.0 Å². The van der Waals surface area contributed by atoms with E-state index in [0.717, 1.165) is 5.56 Å². The third-order valence-electron chi connectivity index (χ3n) is 3.93. The third kappa shape index (κ3) is 3.04. The van der Waals surface area contributed by atoms with Crippen molar-refractivity contribution in [3.63, 3.8) is 0 Å². The van der Waals surface area contributed by atoms with Crippen molar-refractivity contribution in [1.82, 2.24) is 4.31 Å². The van der Waals surface area contributed by atoms with Crippen molar-refractivity contribution >= 4 is 10.0 Å². The lowest BCUT2D eigenvalue weighted by molar-refractivity contribution is 0.127. The molecule has 0 saturated carbocycles. The fourth-order valence-electron chi connectivity index (χ4n) is 2.68. The second kappa shape index (κ2) is 5.82. The van der Waals surface area contributed by atoms with Gasteiger partial charge in [0.1, 0.15) is 6.17 Å². The molecule has 2 rings (SSSR count). The molecule has 0 aliphatic carbocycles. The van der Waals surface area contributed by atoms with Crippen molar-refractivity contribution in [3.8, 4) is 0 Å². The Morgan fingerprint density at radius 3 is 2.40 bits per heavy atom. The summed E-state index contributed by atoms with van der Waals surface area (Å²) in [5.41, 5.74) is 1.02. The van der Waals surface area contributed by atoms with E-state index < -0.39 is 16.2 Å². The standard InChI is InChI=1S/C15H22FNO2S/c1-11(2)15-10-13(16)8-9-17(15)20(18,19)14-6-4-12(3)5-7-14/h4-7,11,13,15H,8-10H2,1-3H3/t13-,15+/m0/s1. The van der Waals surface area contributed by atoms with Crippen LogP contribution in [0.1, 0.15) is 32.3 Å². The minimum Gasteiger partial charge on any atom is -0.247 e. The van der Waals surface area contributed by atoms with Gasteiger partial charge < -0.3 is 0 Å². The quantitative estimate of drug-likeness (QED) is 0.860. The van der Waals surface area contributed by atoms with Crippen LogP contribution in [0, 0.1) is 12.8 Å². The molecule has 1 saturated heterocycles. The second-order valence-electron chi connectivity index (χ2n) is 5.86. The molecule has 0 N–H and O–H groups in total. The molecule has 112 valence electrons. The molecule has 1 heterocycles. The van der Waals surface area contributed by atoms with Gasteiger partial charge in [-0.05, 0) is 37.8 Å². The number of hydrogen-bond acceptors (Lipinski definition) is 2. The van der Waals surface area contributed by atoms with Gasteiger partial charge in [0, 0.05) is 12.6 Å². The molecule has 0 bridgehead atoms. The van der Waals surface area contributed by atoms with Crippen LogP contribution < -0.4 is 0 Å². The minimum atomic E-state index is -3.53. The lowest BCUT2D eigenvalue weighted by atomic mass is 9.94. The van der Waals surface area contributed by atoms with Crippen molar-refractivity contribution < 1.29 is 12.8 Å². The van der Waals surface area contributed by atoms with Crippen LogP contribution in [0.15, 0.2) is 29.2 Å². The van der Waals surface area contributed by atoms with E-state index in [2.05, 4.69) is 0 Å². The van der Waals surface area contributed by atoms with Crippen molar-refractivity contribution in [2.24, 2.45) is 5.92 Å². The molecule has 20 heavy (non-hydrogen) atoms. The second-order valence-corrected chi connectivity index (χ2v) is 7.75. The number of halogens is 1. The fourth-order valence-corrected chi connectivity index (χ4v) is 4.46. The van der Waals surface area contributed by atoms with Crippen molar-refractivity contribution in [2.75, 3.05) is 6.54 Å². The largest absolute Gasteiger partial charge is 0.247 e. The molecular weight excluding hydrogens is 277 g/mol. The molecule has 0 amide bonds. The zero-order valence-corrected chi connectivity index (χ0v) is 13.0. The van der Waals surface area contributed by atoms with Gasteiger partial charge in [0.15, 0.2) is 0 Å². The Morgan fingerprint density at radius 1 is 1.25 bits per heavy atom. The number of rotatable bonds is 3. The summed E-state index contributed by atoms with van der Waals surface area (Å²) in [6, 6.07) is 6.58. The average Bonchev–Trinajstić information content (AvgIpc) is 2.38. The highest BCUT2D eigenvalue weighted by molar-refractivity contribution is 7.89. The Bertz CT molecular complexity index is 554. The van der Waals surface area contributed by atoms with Gasteiger partial charge >= 0.3 is 0 Å². The van der Waals surface area contributed by atoms with E-state index in [0.29, 0.717) is 11.3 Å². The van der Waals surface area contributed by atoms with Gasteiger partial charge in [-0.3, -0.25) is 0 Å². The molecule has 0 aromatic heterocycles. The maximum Gasteiger partial charge on any atom is 0.243 e. The van der Waals surface area contributed by atoms with Crippen LogP contribution in [0.4, 0.5) is 4.39 Å². The van der Waals surface area contributed by atoms with Gasteiger partial charge in [-0.15, -0.1) is 0 Å².